The van der Waals surface area contributed by atoms with Crippen molar-refractivity contribution in [2.75, 3.05) is 28.1 Å². The number of benzene rings is 1. The van der Waals surface area contributed by atoms with Crippen LogP contribution in [0.5, 0.6) is 17.2 Å². The fourth-order valence-electron chi connectivity index (χ4n) is 3.37. The number of ketones is 2. The van der Waals surface area contributed by atoms with E-state index in [4.69, 9.17) is 35.3 Å². The fourth-order valence-corrected chi connectivity index (χ4v) is 3.64. The molecule has 2 aliphatic rings. The van der Waals surface area contributed by atoms with E-state index in [0.29, 0.717) is 5.75 Å². The quantitative estimate of drug-likeness (QED) is 0.724. The van der Waals surface area contributed by atoms with Crippen molar-refractivity contribution in [1.29, 1.82) is 0 Å². The van der Waals surface area contributed by atoms with Crippen molar-refractivity contribution in [3.8, 4) is 17.2 Å². The summed E-state index contributed by atoms with van der Waals surface area (Å²) in [5.41, 5.74) is -1.29. The van der Waals surface area contributed by atoms with E-state index in [9.17, 15) is 9.59 Å². The molecule has 26 heavy (non-hydrogen) atoms. The van der Waals surface area contributed by atoms with Crippen LogP contribution in [0.1, 0.15) is 23.7 Å². The molecule has 1 aromatic rings. The summed E-state index contributed by atoms with van der Waals surface area (Å²) in [6.07, 6.45) is 1.44. The van der Waals surface area contributed by atoms with Crippen LogP contribution < -0.4 is 14.2 Å². The Hall–Kier alpha value is -2.25. The summed E-state index contributed by atoms with van der Waals surface area (Å²) in [4.78, 5) is 25.3. The molecule has 0 aromatic heterocycles. The predicted molar refractivity (Wildman–Crippen MR) is 92.1 cm³/mol. The molecule has 140 valence electrons. The van der Waals surface area contributed by atoms with Crippen LogP contribution in [0, 0.1) is 5.92 Å². The van der Waals surface area contributed by atoms with Crippen LogP contribution >= 0.6 is 11.6 Å². The highest BCUT2D eigenvalue weighted by Gasteiger charge is 2.59. The van der Waals surface area contributed by atoms with Gasteiger partial charge in [-0.25, -0.2) is 0 Å². The largest absolute Gasteiger partial charge is 0.496 e. The lowest BCUT2D eigenvalue weighted by Crippen LogP contribution is -2.51. The van der Waals surface area contributed by atoms with E-state index in [2.05, 4.69) is 0 Å². The average molecular weight is 383 g/mol. The van der Waals surface area contributed by atoms with Gasteiger partial charge >= 0.3 is 0 Å². The number of fused-ring (bicyclic) bond motifs is 1. The van der Waals surface area contributed by atoms with Gasteiger partial charge in [0.2, 0.25) is 11.4 Å². The van der Waals surface area contributed by atoms with Crippen LogP contribution in [0.15, 0.2) is 17.9 Å². The van der Waals surface area contributed by atoms with E-state index in [1.165, 1.54) is 33.5 Å². The minimum Gasteiger partial charge on any atom is -0.496 e. The second-order valence-corrected chi connectivity index (χ2v) is 6.47. The highest BCUT2D eigenvalue weighted by Crippen LogP contribution is 2.54. The normalized spacial score (nSPS) is 24.2. The summed E-state index contributed by atoms with van der Waals surface area (Å²) >= 11 is 6.38. The molecule has 0 fully saturated rings. The van der Waals surface area contributed by atoms with Gasteiger partial charge in [0.05, 0.1) is 14.2 Å². The smallest absolute Gasteiger partial charge is 0.231 e. The average Bonchev–Trinajstić information content (AvgIpc) is 2.93. The second kappa shape index (κ2) is 6.81. The van der Waals surface area contributed by atoms with Crippen LogP contribution in [-0.2, 0) is 14.3 Å². The van der Waals surface area contributed by atoms with Gasteiger partial charge < -0.3 is 23.7 Å². The molecule has 3 rings (SSSR count). The molecular weight excluding hydrogens is 364 g/mol. The Balaban J connectivity index is 2.21. The zero-order valence-corrected chi connectivity index (χ0v) is 15.6. The standard InChI is InChI=1S/C18H19ClO7/c1-9-5-10(20)6-13(24-4)18(9)17(21)14-11(25-8-22-2)7-12(23-3)15(19)16(14)26-18/h6-7,9H,5,8H2,1-4H3/t9-,18+/m1/s1. The number of rotatable bonds is 5. The van der Waals surface area contributed by atoms with E-state index >= 15 is 0 Å². The Morgan fingerprint density at radius 2 is 1.96 bits per heavy atom. The molecule has 1 heterocycles. The molecule has 7 nitrogen and oxygen atoms in total. The zero-order chi connectivity index (χ0) is 19.1. The highest BCUT2D eigenvalue weighted by molar-refractivity contribution is 6.35. The van der Waals surface area contributed by atoms with Crippen molar-refractivity contribution in [1.82, 2.24) is 0 Å². The Kier molecular flexibility index (Phi) is 4.86. The van der Waals surface area contributed by atoms with Gasteiger partial charge in [0.15, 0.2) is 24.1 Å². The summed E-state index contributed by atoms with van der Waals surface area (Å²) in [5, 5.41) is 0.150. The Labute approximate surface area is 155 Å². The molecular formula is C18H19ClO7. The van der Waals surface area contributed by atoms with E-state index < -0.39 is 11.5 Å². The molecule has 1 aliphatic heterocycles. The number of Topliss-reactive ketones (excluding diaryl/α,β-unsaturated/α-hetero) is 1. The molecule has 1 aliphatic carbocycles. The van der Waals surface area contributed by atoms with E-state index in [1.807, 2.05) is 0 Å². The number of halogens is 1. The summed E-state index contributed by atoms with van der Waals surface area (Å²) in [7, 11) is 4.31. The van der Waals surface area contributed by atoms with E-state index in [0.717, 1.165) is 0 Å². The SMILES string of the molecule is COCOc1cc(OC)c(Cl)c2c1C(=O)[C@@]1(O2)C(OC)=CC(=O)C[C@H]1C. The summed E-state index contributed by atoms with van der Waals surface area (Å²) in [5.74, 6) is -0.148. The maximum Gasteiger partial charge on any atom is 0.231 e. The van der Waals surface area contributed by atoms with E-state index in [1.54, 1.807) is 6.92 Å². The van der Waals surface area contributed by atoms with Crippen molar-refractivity contribution in [2.45, 2.75) is 18.9 Å². The molecule has 0 saturated heterocycles. The number of hydrogen-bond acceptors (Lipinski definition) is 7. The molecule has 1 aromatic carbocycles. The van der Waals surface area contributed by atoms with Gasteiger partial charge in [-0.05, 0) is 0 Å². The fraction of sp³-hybridized carbons (Fsp3) is 0.444. The van der Waals surface area contributed by atoms with Gasteiger partial charge in [0.25, 0.3) is 0 Å². The van der Waals surface area contributed by atoms with Crippen molar-refractivity contribution in [3.63, 3.8) is 0 Å². The van der Waals surface area contributed by atoms with Crippen LogP contribution in [0.4, 0.5) is 0 Å². The van der Waals surface area contributed by atoms with Crippen molar-refractivity contribution < 1.29 is 33.3 Å². The van der Waals surface area contributed by atoms with Crippen molar-refractivity contribution >= 4 is 23.2 Å². The van der Waals surface area contributed by atoms with Gasteiger partial charge in [-0.3, -0.25) is 9.59 Å². The van der Waals surface area contributed by atoms with Gasteiger partial charge in [-0.1, -0.05) is 18.5 Å². The minimum atomic E-state index is -1.47. The zero-order valence-electron chi connectivity index (χ0n) is 14.9. The predicted octanol–water partition coefficient (Wildman–Crippen LogP) is 2.78. The first-order valence-corrected chi connectivity index (χ1v) is 8.33. The Morgan fingerprint density at radius 3 is 2.58 bits per heavy atom. The number of hydrogen-bond donors (Lipinski definition) is 0. The lowest BCUT2D eigenvalue weighted by molar-refractivity contribution is -0.118. The molecule has 0 unspecified atom stereocenters. The van der Waals surface area contributed by atoms with Crippen molar-refractivity contribution in [2.24, 2.45) is 5.92 Å². The van der Waals surface area contributed by atoms with Gasteiger partial charge in [-0.2, -0.15) is 0 Å². The molecule has 0 amide bonds. The Bertz CT molecular complexity index is 801. The van der Waals surface area contributed by atoms with Crippen LogP contribution in [-0.4, -0.2) is 45.3 Å². The maximum absolute atomic E-state index is 13.4. The molecule has 1 spiro atoms. The molecule has 2 atom stereocenters. The molecule has 0 N–H and O–H groups in total. The molecule has 8 heteroatoms. The van der Waals surface area contributed by atoms with Gasteiger partial charge in [0, 0.05) is 31.6 Å². The second-order valence-electron chi connectivity index (χ2n) is 6.10. The third kappa shape index (κ3) is 2.54. The van der Waals surface area contributed by atoms with Crippen LogP contribution in [0.3, 0.4) is 0 Å². The topological polar surface area (TPSA) is 80.3 Å². The van der Waals surface area contributed by atoms with Gasteiger partial charge in [0.1, 0.15) is 22.1 Å². The van der Waals surface area contributed by atoms with Crippen LogP contribution in [0.2, 0.25) is 5.02 Å². The first kappa shape index (κ1) is 18.5. The summed E-state index contributed by atoms with van der Waals surface area (Å²) in [6, 6.07) is 1.51. The number of methoxy groups -OCH3 is 3. The van der Waals surface area contributed by atoms with Crippen LogP contribution in [0.25, 0.3) is 0 Å². The third-order valence-electron chi connectivity index (χ3n) is 4.61. The van der Waals surface area contributed by atoms with Crippen molar-refractivity contribution in [3.05, 3.63) is 28.5 Å². The number of allylic oxidation sites excluding steroid dienone is 1. The summed E-state index contributed by atoms with van der Waals surface area (Å²) < 4.78 is 27.1. The lowest BCUT2D eigenvalue weighted by Gasteiger charge is -2.36. The summed E-state index contributed by atoms with van der Waals surface area (Å²) in [6.45, 7) is 1.69. The Morgan fingerprint density at radius 1 is 1.23 bits per heavy atom. The minimum absolute atomic E-state index is 0.0709. The molecule has 0 saturated carbocycles. The molecule has 0 radical (unpaired) electrons. The number of carbonyl (C=O) groups excluding carboxylic acids is 2. The van der Waals surface area contributed by atoms with E-state index in [-0.39, 0.29) is 52.6 Å². The first-order chi connectivity index (χ1) is 12.4. The third-order valence-corrected chi connectivity index (χ3v) is 4.97. The number of carbonyl (C=O) groups is 2. The lowest BCUT2D eigenvalue weighted by atomic mass is 9.75. The first-order valence-electron chi connectivity index (χ1n) is 7.95. The number of ether oxygens (including phenoxy) is 5. The highest BCUT2D eigenvalue weighted by atomic mass is 35.5. The monoisotopic (exact) mass is 382 g/mol. The van der Waals surface area contributed by atoms with Gasteiger partial charge in [-0.15, -0.1) is 0 Å². The maximum atomic E-state index is 13.4. The molecule has 0 bridgehead atoms.